The fraction of sp³-hybridized carbons (Fsp3) is 0.167. The number of hydrogen-bond donors (Lipinski definition) is 1. The van der Waals surface area contributed by atoms with E-state index in [-0.39, 0.29) is 5.28 Å². The Morgan fingerprint density at radius 1 is 1.42 bits per heavy atom. The zero-order valence-electron chi connectivity index (χ0n) is 9.91. The van der Waals surface area contributed by atoms with E-state index in [1.807, 2.05) is 6.07 Å². The van der Waals surface area contributed by atoms with Crippen LogP contribution in [0.4, 0.5) is 5.82 Å². The normalized spacial score (nSPS) is 11.1. The minimum Gasteiger partial charge on any atom is -0.364 e. The summed E-state index contributed by atoms with van der Waals surface area (Å²) >= 11 is 12.8. The van der Waals surface area contributed by atoms with E-state index in [0.717, 1.165) is 27.1 Å². The quantitative estimate of drug-likeness (QED) is 0.649. The molecule has 1 N–H and O–H groups in total. The lowest BCUT2D eigenvalue weighted by Crippen LogP contribution is -2.01. The van der Waals surface area contributed by atoms with Crippen LogP contribution >= 0.6 is 50.2 Å². The SMILES string of the molecule is Cc1cc2c(NCc3sccc3Br)nc(Cl)nc2s1. The molecule has 0 aromatic carbocycles. The first-order valence-electron chi connectivity index (χ1n) is 5.53. The van der Waals surface area contributed by atoms with Gasteiger partial charge in [0.1, 0.15) is 10.6 Å². The first-order valence-corrected chi connectivity index (χ1v) is 8.39. The van der Waals surface area contributed by atoms with Gasteiger partial charge in [-0.2, -0.15) is 0 Å². The van der Waals surface area contributed by atoms with Crippen molar-refractivity contribution in [2.75, 3.05) is 5.32 Å². The number of nitrogens with zero attached hydrogens (tertiary/aromatic N) is 2. The smallest absolute Gasteiger partial charge is 0.225 e. The van der Waals surface area contributed by atoms with Crippen LogP contribution in [0, 0.1) is 6.92 Å². The maximum Gasteiger partial charge on any atom is 0.225 e. The molecule has 3 aromatic heterocycles. The van der Waals surface area contributed by atoms with Gasteiger partial charge in [0.05, 0.1) is 11.9 Å². The van der Waals surface area contributed by atoms with Crippen LogP contribution in [0.3, 0.4) is 0 Å². The Hall–Kier alpha value is -0.690. The summed E-state index contributed by atoms with van der Waals surface area (Å²) in [5, 5.41) is 6.70. The van der Waals surface area contributed by atoms with Gasteiger partial charge in [0, 0.05) is 14.2 Å². The van der Waals surface area contributed by atoms with Gasteiger partial charge in [-0.15, -0.1) is 22.7 Å². The topological polar surface area (TPSA) is 37.8 Å². The zero-order valence-corrected chi connectivity index (χ0v) is 13.9. The van der Waals surface area contributed by atoms with Gasteiger partial charge in [-0.1, -0.05) is 0 Å². The molecule has 98 valence electrons. The lowest BCUT2D eigenvalue weighted by Gasteiger charge is -2.06. The van der Waals surface area contributed by atoms with Crippen molar-refractivity contribution >= 4 is 66.2 Å². The molecular formula is C12H9BrClN3S2. The summed E-state index contributed by atoms with van der Waals surface area (Å²) in [5.74, 6) is 0.791. The van der Waals surface area contributed by atoms with Gasteiger partial charge < -0.3 is 5.32 Å². The predicted octanol–water partition coefficient (Wildman–Crippen LogP) is 5.09. The molecule has 3 heterocycles. The van der Waals surface area contributed by atoms with Crippen molar-refractivity contribution in [3.63, 3.8) is 0 Å². The third-order valence-corrected chi connectivity index (χ3v) is 5.64. The maximum atomic E-state index is 5.96. The number of fused-ring (bicyclic) bond motifs is 1. The highest BCUT2D eigenvalue weighted by Gasteiger charge is 2.10. The fourth-order valence-corrected chi connectivity index (χ4v) is 4.30. The molecule has 0 spiro atoms. The van der Waals surface area contributed by atoms with Crippen molar-refractivity contribution in [1.82, 2.24) is 9.97 Å². The van der Waals surface area contributed by atoms with E-state index in [2.05, 4.69) is 49.6 Å². The standard InChI is InChI=1S/C12H9BrClN3S2/c1-6-4-7-10(16-12(14)17-11(7)19-6)15-5-9-8(13)2-3-18-9/h2-4H,5H2,1H3,(H,15,16,17). The maximum absolute atomic E-state index is 5.96. The van der Waals surface area contributed by atoms with Gasteiger partial charge in [-0.3, -0.25) is 0 Å². The first kappa shape index (κ1) is 13.3. The van der Waals surface area contributed by atoms with Gasteiger partial charge in [-0.25, -0.2) is 9.97 Å². The minimum atomic E-state index is 0.280. The predicted molar refractivity (Wildman–Crippen MR) is 86.5 cm³/mol. The van der Waals surface area contributed by atoms with E-state index in [9.17, 15) is 0 Å². The molecule has 0 saturated heterocycles. The molecule has 0 atom stereocenters. The third-order valence-electron chi connectivity index (χ3n) is 2.60. The number of aryl methyl sites for hydroxylation is 1. The Labute approximate surface area is 131 Å². The molecule has 0 bridgehead atoms. The van der Waals surface area contributed by atoms with E-state index >= 15 is 0 Å². The lowest BCUT2D eigenvalue weighted by molar-refractivity contribution is 1.12. The van der Waals surface area contributed by atoms with Gasteiger partial charge in [0.2, 0.25) is 5.28 Å². The zero-order chi connectivity index (χ0) is 13.4. The largest absolute Gasteiger partial charge is 0.364 e. The van der Waals surface area contributed by atoms with Crippen LogP contribution in [0.5, 0.6) is 0 Å². The van der Waals surface area contributed by atoms with Crippen molar-refractivity contribution in [3.8, 4) is 0 Å². The van der Waals surface area contributed by atoms with Crippen molar-refractivity contribution in [3.05, 3.63) is 37.0 Å². The van der Waals surface area contributed by atoms with E-state index in [0.29, 0.717) is 0 Å². The van der Waals surface area contributed by atoms with Crippen molar-refractivity contribution in [2.24, 2.45) is 0 Å². The van der Waals surface area contributed by atoms with Crippen LogP contribution in [-0.4, -0.2) is 9.97 Å². The van der Waals surface area contributed by atoms with E-state index in [4.69, 9.17) is 11.6 Å². The average Bonchev–Trinajstić information content (AvgIpc) is 2.91. The molecule has 0 unspecified atom stereocenters. The number of aromatic nitrogens is 2. The molecule has 3 nitrogen and oxygen atoms in total. The fourth-order valence-electron chi connectivity index (χ4n) is 1.77. The molecule has 7 heteroatoms. The van der Waals surface area contributed by atoms with E-state index in [1.165, 1.54) is 9.75 Å². The summed E-state index contributed by atoms with van der Waals surface area (Å²) in [6.07, 6.45) is 0. The first-order chi connectivity index (χ1) is 9.13. The van der Waals surface area contributed by atoms with Crippen LogP contribution in [0.25, 0.3) is 10.2 Å². The number of rotatable bonds is 3. The summed E-state index contributed by atoms with van der Waals surface area (Å²) in [4.78, 5) is 11.9. The van der Waals surface area contributed by atoms with E-state index in [1.54, 1.807) is 22.7 Å². The molecule has 3 aromatic rings. The molecule has 0 aliphatic carbocycles. The Kier molecular flexibility index (Phi) is 3.75. The summed E-state index contributed by atoms with van der Waals surface area (Å²) in [6.45, 7) is 2.77. The molecule has 0 amide bonds. The number of halogens is 2. The third kappa shape index (κ3) is 2.76. The second-order valence-electron chi connectivity index (χ2n) is 3.96. The number of anilines is 1. The van der Waals surface area contributed by atoms with E-state index < -0.39 is 0 Å². The molecule has 0 fully saturated rings. The van der Waals surface area contributed by atoms with Crippen molar-refractivity contribution in [1.29, 1.82) is 0 Å². The van der Waals surface area contributed by atoms with Crippen LogP contribution < -0.4 is 5.32 Å². The monoisotopic (exact) mass is 373 g/mol. The average molecular weight is 375 g/mol. The Balaban J connectivity index is 1.94. The highest BCUT2D eigenvalue weighted by Crippen LogP contribution is 2.30. The Morgan fingerprint density at radius 2 is 2.26 bits per heavy atom. The molecule has 3 rings (SSSR count). The van der Waals surface area contributed by atoms with Crippen molar-refractivity contribution < 1.29 is 0 Å². The number of nitrogens with one attached hydrogen (secondary N) is 1. The molecule has 0 aliphatic heterocycles. The molecule has 0 radical (unpaired) electrons. The van der Waals surface area contributed by atoms with Crippen LogP contribution in [-0.2, 0) is 6.54 Å². The van der Waals surface area contributed by atoms with Crippen LogP contribution in [0.1, 0.15) is 9.75 Å². The highest BCUT2D eigenvalue weighted by molar-refractivity contribution is 9.10. The van der Waals surface area contributed by atoms with Crippen molar-refractivity contribution in [2.45, 2.75) is 13.5 Å². The van der Waals surface area contributed by atoms with Gasteiger partial charge in [0.25, 0.3) is 0 Å². The second kappa shape index (κ2) is 5.36. The van der Waals surface area contributed by atoms with Gasteiger partial charge in [0.15, 0.2) is 0 Å². The Morgan fingerprint density at radius 3 is 3.00 bits per heavy atom. The number of thiophene rings is 2. The second-order valence-corrected chi connectivity index (χ2v) is 7.39. The molecule has 0 saturated carbocycles. The van der Waals surface area contributed by atoms with Gasteiger partial charge in [-0.05, 0) is 52.0 Å². The van der Waals surface area contributed by atoms with Crippen LogP contribution in [0.15, 0.2) is 22.0 Å². The molecule has 0 aliphatic rings. The summed E-state index contributed by atoms with van der Waals surface area (Å²) in [7, 11) is 0. The summed E-state index contributed by atoms with van der Waals surface area (Å²) in [6, 6.07) is 4.13. The number of hydrogen-bond acceptors (Lipinski definition) is 5. The summed E-state index contributed by atoms with van der Waals surface area (Å²) < 4.78 is 1.11. The molecular weight excluding hydrogens is 366 g/mol. The van der Waals surface area contributed by atoms with Crippen LogP contribution in [0.2, 0.25) is 5.28 Å². The lowest BCUT2D eigenvalue weighted by atomic mass is 10.3. The Bertz CT molecular complexity index is 738. The molecule has 19 heavy (non-hydrogen) atoms. The highest BCUT2D eigenvalue weighted by atomic mass is 79.9. The summed E-state index contributed by atoms with van der Waals surface area (Å²) in [5.41, 5.74) is 0. The van der Waals surface area contributed by atoms with Gasteiger partial charge >= 0.3 is 0 Å². The minimum absolute atomic E-state index is 0.280.